The second kappa shape index (κ2) is 12.4. The first-order valence-corrected chi connectivity index (χ1v) is 14.4. The van der Waals surface area contributed by atoms with Crippen molar-refractivity contribution in [2.24, 2.45) is 0 Å². The zero-order valence-electron chi connectivity index (χ0n) is 22.9. The van der Waals surface area contributed by atoms with Gasteiger partial charge in [0, 0.05) is 18.7 Å². The molecule has 40 heavy (non-hydrogen) atoms. The quantitative estimate of drug-likeness (QED) is 0.246. The van der Waals surface area contributed by atoms with Gasteiger partial charge in [-0.2, -0.15) is 0 Å². The van der Waals surface area contributed by atoms with Gasteiger partial charge in [0.1, 0.15) is 24.7 Å². The van der Waals surface area contributed by atoms with Crippen LogP contribution in [0.15, 0.2) is 103 Å². The van der Waals surface area contributed by atoms with E-state index in [1.165, 1.54) is 31.5 Å². The first kappa shape index (κ1) is 26.1. The van der Waals surface area contributed by atoms with Crippen molar-refractivity contribution in [2.75, 3.05) is 32.8 Å². The molecule has 0 saturated carbocycles. The summed E-state index contributed by atoms with van der Waals surface area (Å²) in [5.41, 5.74) is 5.29. The molecule has 0 spiro atoms. The number of nitrogens with zero attached hydrogens (tertiary/aromatic N) is 2. The standard InChI is InChI=1S/C35H36N2O3/c38-35(29-11-5-2-6-12-29)37-22-19-30-25-32(40-26-27-9-3-1-4-10-27)17-18-33(30)34(37)28-13-15-31(16-14-28)39-24-23-36-20-7-8-21-36/h1-6,9-18,25,34H,7-8,19-24,26H2. The molecule has 6 rings (SSSR count). The van der Waals surface area contributed by atoms with Gasteiger partial charge in [0.05, 0.1) is 6.04 Å². The number of hydrogen-bond acceptors (Lipinski definition) is 4. The second-order valence-corrected chi connectivity index (χ2v) is 10.6. The second-order valence-electron chi connectivity index (χ2n) is 10.6. The molecule has 1 atom stereocenters. The fourth-order valence-electron chi connectivity index (χ4n) is 5.80. The van der Waals surface area contributed by atoms with Gasteiger partial charge < -0.3 is 14.4 Å². The van der Waals surface area contributed by atoms with E-state index in [4.69, 9.17) is 9.47 Å². The van der Waals surface area contributed by atoms with Crippen LogP contribution in [0.3, 0.4) is 0 Å². The van der Waals surface area contributed by atoms with E-state index < -0.39 is 0 Å². The molecule has 5 heteroatoms. The lowest BCUT2D eigenvalue weighted by atomic mass is 9.87. The van der Waals surface area contributed by atoms with Gasteiger partial charge in [-0.15, -0.1) is 0 Å². The smallest absolute Gasteiger partial charge is 0.254 e. The van der Waals surface area contributed by atoms with Crippen LogP contribution in [0.4, 0.5) is 0 Å². The van der Waals surface area contributed by atoms with Crippen LogP contribution in [-0.4, -0.2) is 48.5 Å². The predicted molar refractivity (Wildman–Crippen MR) is 158 cm³/mol. The van der Waals surface area contributed by atoms with Gasteiger partial charge in [-0.3, -0.25) is 9.69 Å². The van der Waals surface area contributed by atoms with E-state index in [2.05, 4.69) is 41.3 Å². The van der Waals surface area contributed by atoms with Crippen molar-refractivity contribution in [3.05, 3.63) is 131 Å². The van der Waals surface area contributed by atoms with E-state index in [-0.39, 0.29) is 11.9 Å². The molecule has 0 aliphatic carbocycles. The van der Waals surface area contributed by atoms with E-state index in [9.17, 15) is 4.79 Å². The molecule has 0 aromatic heterocycles. The summed E-state index contributed by atoms with van der Waals surface area (Å²) in [7, 11) is 0. The summed E-state index contributed by atoms with van der Waals surface area (Å²) >= 11 is 0. The third-order valence-electron chi connectivity index (χ3n) is 7.94. The lowest BCUT2D eigenvalue weighted by molar-refractivity contribution is 0.0694. The van der Waals surface area contributed by atoms with Gasteiger partial charge in [0.2, 0.25) is 0 Å². The lowest BCUT2D eigenvalue weighted by Crippen LogP contribution is -2.40. The Morgan fingerprint density at radius 2 is 1.45 bits per heavy atom. The van der Waals surface area contributed by atoms with E-state index in [1.54, 1.807) is 0 Å². The molecule has 1 fully saturated rings. The number of rotatable bonds is 9. The number of benzene rings is 4. The number of fused-ring (bicyclic) bond motifs is 1. The molecule has 0 N–H and O–H groups in total. The van der Waals surface area contributed by atoms with E-state index in [1.807, 2.05) is 71.6 Å². The van der Waals surface area contributed by atoms with Gasteiger partial charge in [-0.05, 0) is 91.0 Å². The minimum atomic E-state index is -0.182. The molecule has 1 saturated heterocycles. The van der Waals surface area contributed by atoms with Crippen molar-refractivity contribution in [1.29, 1.82) is 0 Å². The van der Waals surface area contributed by atoms with Crippen LogP contribution in [0.2, 0.25) is 0 Å². The average molecular weight is 533 g/mol. The Balaban J connectivity index is 1.23. The van der Waals surface area contributed by atoms with Gasteiger partial charge in [0.15, 0.2) is 0 Å². The van der Waals surface area contributed by atoms with E-state index in [0.29, 0.717) is 25.3 Å². The number of amides is 1. The van der Waals surface area contributed by atoms with Gasteiger partial charge in [-0.1, -0.05) is 66.7 Å². The van der Waals surface area contributed by atoms with Gasteiger partial charge >= 0.3 is 0 Å². The molecule has 2 aliphatic heterocycles. The van der Waals surface area contributed by atoms with Crippen molar-refractivity contribution < 1.29 is 14.3 Å². The molecular weight excluding hydrogens is 496 g/mol. The summed E-state index contributed by atoms with van der Waals surface area (Å²) in [4.78, 5) is 18.2. The summed E-state index contributed by atoms with van der Waals surface area (Å²) in [6.45, 7) is 5.17. The normalized spacial score (nSPS) is 16.9. The monoisotopic (exact) mass is 532 g/mol. The van der Waals surface area contributed by atoms with Crippen LogP contribution in [0, 0.1) is 0 Å². The highest BCUT2D eigenvalue weighted by Gasteiger charge is 2.33. The number of carbonyl (C=O) groups excluding carboxylic acids is 1. The molecule has 5 nitrogen and oxygen atoms in total. The number of likely N-dealkylation sites (tertiary alicyclic amines) is 1. The Kier molecular flexibility index (Phi) is 8.10. The largest absolute Gasteiger partial charge is 0.492 e. The Labute approximate surface area is 237 Å². The predicted octanol–water partition coefficient (Wildman–Crippen LogP) is 6.53. The van der Waals surface area contributed by atoms with Gasteiger partial charge in [0.25, 0.3) is 5.91 Å². The zero-order chi connectivity index (χ0) is 27.1. The highest BCUT2D eigenvalue weighted by atomic mass is 16.5. The van der Waals surface area contributed by atoms with Crippen molar-refractivity contribution in [3.8, 4) is 11.5 Å². The molecule has 2 heterocycles. The van der Waals surface area contributed by atoms with Gasteiger partial charge in [-0.25, -0.2) is 0 Å². The van der Waals surface area contributed by atoms with Crippen LogP contribution >= 0.6 is 0 Å². The van der Waals surface area contributed by atoms with E-state index in [0.717, 1.165) is 41.2 Å². The summed E-state index contributed by atoms with van der Waals surface area (Å²) in [5, 5.41) is 0. The molecule has 0 radical (unpaired) electrons. The first-order chi connectivity index (χ1) is 19.7. The minimum Gasteiger partial charge on any atom is -0.492 e. The third kappa shape index (κ3) is 6.05. The topological polar surface area (TPSA) is 42.0 Å². The van der Waals surface area contributed by atoms with Crippen molar-refractivity contribution in [3.63, 3.8) is 0 Å². The molecule has 4 aromatic carbocycles. The average Bonchev–Trinajstić information content (AvgIpc) is 3.54. The highest BCUT2D eigenvalue weighted by Crippen LogP contribution is 2.38. The molecule has 4 aromatic rings. The fourth-order valence-corrected chi connectivity index (χ4v) is 5.80. The SMILES string of the molecule is O=C(c1ccccc1)N1CCc2cc(OCc3ccccc3)ccc2C1c1ccc(OCCN2CCCC2)cc1. The number of carbonyl (C=O) groups is 1. The van der Waals surface area contributed by atoms with E-state index >= 15 is 0 Å². The Morgan fingerprint density at radius 3 is 2.20 bits per heavy atom. The molecule has 1 amide bonds. The minimum absolute atomic E-state index is 0.0478. The number of hydrogen-bond donors (Lipinski definition) is 0. The maximum atomic E-state index is 13.7. The van der Waals surface area contributed by atoms with Crippen LogP contribution in [0.1, 0.15) is 51.5 Å². The Bertz CT molecular complexity index is 1400. The van der Waals surface area contributed by atoms with Crippen LogP contribution in [0.25, 0.3) is 0 Å². The molecule has 0 bridgehead atoms. The van der Waals surface area contributed by atoms with Crippen molar-refractivity contribution in [2.45, 2.75) is 31.9 Å². The van der Waals surface area contributed by atoms with Crippen LogP contribution in [0.5, 0.6) is 11.5 Å². The van der Waals surface area contributed by atoms with Crippen molar-refractivity contribution in [1.82, 2.24) is 9.80 Å². The Hall–Kier alpha value is -4.09. The molecular formula is C35H36N2O3. The number of ether oxygens (including phenoxy) is 2. The fraction of sp³-hybridized carbons (Fsp3) is 0.286. The van der Waals surface area contributed by atoms with Crippen LogP contribution < -0.4 is 9.47 Å². The zero-order valence-corrected chi connectivity index (χ0v) is 22.9. The molecule has 1 unspecified atom stereocenters. The summed E-state index contributed by atoms with van der Waals surface area (Å²) < 4.78 is 12.2. The highest BCUT2D eigenvalue weighted by molar-refractivity contribution is 5.95. The summed E-state index contributed by atoms with van der Waals surface area (Å²) in [6, 6.07) is 34.2. The summed E-state index contributed by atoms with van der Waals surface area (Å²) in [5.74, 6) is 1.77. The lowest BCUT2D eigenvalue weighted by Gasteiger charge is -2.38. The third-order valence-corrected chi connectivity index (χ3v) is 7.94. The van der Waals surface area contributed by atoms with Crippen LogP contribution in [-0.2, 0) is 13.0 Å². The first-order valence-electron chi connectivity index (χ1n) is 14.4. The van der Waals surface area contributed by atoms with Crippen molar-refractivity contribution >= 4 is 5.91 Å². The molecule has 204 valence electrons. The summed E-state index contributed by atoms with van der Waals surface area (Å²) in [6.07, 6.45) is 3.36. The maximum absolute atomic E-state index is 13.7. The maximum Gasteiger partial charge on any atom is 0.254 e. The molecule has 2 aliphatic rings. The Morgan fingerprint density at radius 1 is 0.750 bits per heavy atom.